The molecule has 0 bridgehead atoms. The number of nitrogens with one attached hydrogen (secondary N) is 3. The van der Waals surface area contributed by atoms with Gasteiger partial charge in [-0.3, -0.25) is 9.59 Å². The molecule has 2 amide bonds. The molecule has 6 heteroatoms. The lowest BCUT2D eigenvalue weighted by Crippen LogP contribution is -2.53. The second-order valence-electron chi connectivity index (χ2n) is 7.96. The number of carbonyl (C=O) groups is 2. The summed E-state index contributed by atoms with van der Waals surface area (Å²) in [6, 6.07) is 14.9. The van der Waals surface area contributed by atoms with Crippen LogP contribution in [0.5, 0.6) is 0 Å². The van der Waals surface area contributed by atoms with Gasteiger partial charge in [-0.1, -0.05) is 50.2 Å². The van der Waals surface area contributed by atoms with Crippen molar-refractivity contribution >= 4 is 29.9 Å². The first-order chi connectivity index (χ1) is 13.4. The minimum absolute atomic E-state index is 0. The summed E-state index contributed by atoms with van der Waals surface area (Å²) in [5.41, 5.74) is 4.23. The quantitative estimate of drug-likeness (QED) is 0.675. The molecule has 0 spiro atoms. The summed E-state index contributed by atoms with van der Waals surface area (Å²) >= 11 is 0. The van der Waals surface area contributed by atoms with Crippen molar-refractivity contribution < 1.29 is 9.59 Å². The van der Waals surface area contributed by atoms with Crippen LogP contribution in [0.4, 0.5) is 5.69 Å². The maximum atomic E-state index is 12.9. The first kappa shape index (κ1) is 22.9. The molecule has 0 aromatic heterocycles. The molecule has 1 heterocycles. The van der Waals surface area contributed by atoms with E-state index in [-0.39, 0.29) is 36.2 Å². The average Bonchev–Trinajstić information content (AvgIpc) is 2.66. The van der Waals surface area contributed by atoms with Gasteiger partial charge in [0, 0.05) is 12.2 Å². The Balaban J connectivity index is 0.00000300. The lowest BCUT2D eigenvalue weighted by molar-refractivity contribution is -0.128. The largest absolute Gasteiger partial charge is 0.343 e. The van der Waals surface area contributed by atoms with E-state index in [4.69, 9.17) is 0 Å². The van der Waals surface area contributed by atoms with Gasteiger partial charge in [0.25, 0.3) is 0 Å². The molecule has 3 N–H and O–H groups in total. The molecule has 156 valence electrons. The third-order valence-corrected chi connectivity index (χ3v) is 5.02. The third-order valence-electron chi connectivity index (χ3n) is 5.02. The van der Waals surface area contributed by atoms with Gasteiger partial charge in [-0.05, 0) is 54.5 Å². The predicted octanol–water partition coefficient (Wildman–Crippen LogP) is 3.60. The first-order valence-electron chi connectivity index (χ1n) is 9.90. The van der Waals surface area contributed by atoms with Crippen molar-refractivity contribution in [3.8, 4) is 0 Å². The maximum Gasteiger partial charge on any atom is 0.246 e. The van der Waals surface area contributed by atoms with Crippen molar-refractivity contribution in [2.24, 2.45) is 5.92 Å². The van der Waals surface area contributed by atoms with Crippen LogP contribution in [-0.2, 0) is 22.6 Å². The van der Waals surface area contributed by atoms with Gasteiger partial charge in [0.05, 0.1) is 6.04 Å². The van der Waals surface area contributed by atoms with Crippen molar-refractivity contribution in [3.05, 3.63) is 65.2 Å². The highest BCUT2D eigenvalue weighted by Gasteiger charge is 2.28. The van der Waals surface area contributed by atoms with Gasteiger partial charge in [0.2, 0.25) is 11.8 Å². The zero-order chi connectivity index (χ0) is 20.1. The molecule has 2 aromatic rings. The smallest absolute Gasteiger partial charge is 0.246 e. The van der Waals surface area contributed by atoms with Crippen LogP contribution in [0.1, 0.15) is 37.0 Å². The lowest BCUT2D eigenvalue weighted by Gasteiger charge is -2.28. The SMILES string of the molecule is Cc1cccc(NC(=O)[C@H](CC(C)C)NC(=O)[C@@H]2Cc3ccccc3CN2)c1.Cl. The number of benzene rings is 2. The number of hydrogen-bond donors (Lipinski definition) is 3. The Morgan fingerprint density at radius 2 is 1.83 bits per heavy atom. The summed E-state index contributed by atoms with van der Waals surface area (Å²) in [6.45, 7) is 6.75. The number of aryl methyl sites for hydroxylation is 1. The fraction of sp³-hybridized carbons (Fsp3) is 0.391. The van der Waals surface area contributed by atoms with Crippen molar-refractivity contribution in [2.45, 2.75) is 52.2 Å². The van der Waals surface area contributed by atoms with Crippen LogP contribution in [0.15, 0.2) is 48.5 Å². The van der Waals surface area contributed by atoms with Crippen LogP contribution in [0.25, 0.3) is 0 Å². The third kappa shape index (κ3) is 6.31. The molecule has 1 aliphatic heterocycles. The fourth-order valence-corrected chi connectivity index (χ4v) is 3.57. The highest BCUT2D eigenvalue weighted by Crippen LogP contribution is 2.17. The number of hydrogen-bond acceptors (Lipinski definition) is 3. The van der Waals surface area contributed by atoms with Crippen LogP contribution >= 0.6 is 12.4 Å². The number of halogens is 1. The normalized spacial score (nSPS) is 16.3. The highest BCUT2D eigenvalue weighted by molar-refractivity contribution is 5.98. The molecule has 0 saturated heterocycles. The summed E-state index contributed by atoms with van der Waals surface area (Å²) in [6.07, 6.45) is 1.22. The Bertz CT molecular complexity index is 854. The summed E-state index contributed by atoms with van der Waals surface area (Å²) in [4.78, 5) is 25.7. The molecule has 0 fully saturated rings. The number of carbonyl (C=O) groups excluding carboxylic acids is 2. The minimum atomic E-state index is -0.563. The molecular formula is C23H30ClN3O2. The fourth-order valence-electron chi connectivity index (χ4n) is 3.57. The molecule has 0 radical (unpaired) electrons. The van der Waals surface area contributed by atoms with E-state index in [1.54, 1.807) is 0 Å². The van der Waals surface area contributed by atoms with Gasteiger partial charge in [-0.2, -0.15) is 0 Å². The van der Waals surface area contributed by atoms with E-state index in [0.717, 1.165) is 11.3 Å². The summed E-state index contributed by atoms with van der Waals surface area (Å²) in [5.74, 6) is -0.0167. The van der Waals surface area contributed by atoms with Gasteiger partial charge in [0.15, 0.2) is 0 Å². The molecule has 0 saturated carbocycles. The molecule has 2 atom stereocenters. The standard InChI is InChI=1S/C23H29N3O2.ClH/c1-15(2)11-21(23(28)25-19-10-6-7-16(3)12-19)26-22(27)20-13-17-8-4-5-9-18(17)14-24-20;/h4-10,12,15,20-21,24H,11,13-14H2,1-3H3,(H,25,28)(H,26,27);1H/t20-,21-;/m0./s1. The van der Waals surface area contributed by atoms with E-state index in [9.17, 15) is 9.59 Å². The van der Waals surface area contributed by atoms with Crippen molar-refractivity contribution in [1.82, 2.24) is 10.6 Å². The highest BCUT2D eigenvalue weighted by atomic mass is 35.5. The van der Waals surface area contributed by atoms with E-state index in [0.29, 0.717) is 19.4 Å². The number of fused-ring (bicyclic) bond motifs is 1. The van der Waals surface area contributed by atoms with Gasteiger partial charge in [-0.15, -0.1) is 12.4 Å². The van der Waals surface area contributed by atoms with E-state index >= 15 is 0 Å². The Morgan fingerprint density at radius 3 is 2.52 bits per heavy atom. The minimum Gasteiger partial charge on any atom is -0.343 e. The Morgan fingerprint density at radius 1 is 1.10 bits per heavy atom. The molecule has 29 heavy (non-hydrogen) atoms. The number of rotatable bonds is 6. The molecule has 0 aliphatic carbocycles. The van der Waals surface area contributed by atoms with Crippen LogP contribution in [0, 0.1) is 12.8 Å². The predicted molar refractivity (Wildman–Crippen MR) is 119 cm³/mol. The topological polar surface area (TPSA) is 70.2 Å². The van der Waals surface area contributed by atoms with Gasteiger partial charge >= 0.3 is 0 Å². The zero-order valence-electron chi connectivity index (χ0n) is 17.2. The number of amides is 2. The van der Waals surface area contributed by atoms with Gasteiger partial charge < -0.3 is 16.0 Å². The molecule has 3 rings (SSSR count). The second-order valence-corrected chi connectivity index (χ2v) is 7.96. The molecule has 1 aliphatic rings. The van der Waals surface area contributed by atoms with Gasteiger partial charge in [-0.25, -0.2) is 0 Å². The van der Waals surface area contributed by atoms with Crippen LogP contribution in [0.3, 0.4) is 0 Å². The molecular weight excluding hydrogens is 386 g/mol. The molecule has 2 aromatic carbocycles. The monoisotopic (exact) mass is 415 g/mol. The number of anilines is 1. The summed E-state index contributed by atoms with van der Waals surface area (Å²) in [5, 5.41) is 9.19. The molecule has 0 unspecified atom stereocenters. The summed E-state index contributed by atoms with van der Waals surface area (Å²) in [7, 11) is 0. The molecule has 5 nitrogen and oxygen atoms in total. The van der Waals surface area contributed by atoms with Crippen LogP contribution < -0.4 is 16.0 Å². The van der Waals surface area contributed by atoms with Crippen molar-refractivity contribution in [2.75, 3.05) is 5.32 Å². The van der Waals surface area contributed by atoms with Gasteiger partial charge in [0.1, 0.15) is 6.04 Å². The first-order valence-corrected chi connectivity index (χ1v) is 9.90. The van der Waals surface area contributed by atoms with E-state index < -0.39 is 6.04 Å². The van der Waals surface area contributed by atoms with Crippen molar-refractivity contribution in [1.29, 1.82) is 0 Å². The Kier molecular flexibility index (Phi) is 8.23. The summed E-state index contributed by atoms with van der Waals surface area (Å²) < 4.78 is 0. The van der Waals surface area contributed by atoms with E-state index in [2.05, 4.69) is 28.1 Å². The average molecular weight is 416 g/mol. The van der Waals surface area contributed by atoms with E-state index in [1.165, 1.54) is 11.1 Å². The van der Waals surface area contributed by atoms with Crippen molar-refractivity contribution in [3.63, 3.8) is 0 Å². The van der Waals surface area contributed by atoms with Crippen LogP contribution in [-0.4, -0.2) is 23.9 Å². The Labute approximate surface area is 179 Å². The Hall–Kier alpha value is -2.37. The zero-order valence-corrected chi connectivity index (χ0v) is 18.0. The van der Waals surface area contributed by atoms with E-state index in [1.807, 2.05) is 57.2 Å². The second kappa shape index (κ2) is 10.4. The van der Waals surface area contributed by atoms with Crippen LogP contribution in [0.2, 0.25) is 0 Å². The maximum absolute atomic E-state index is 12.9. The lowest BCUT2D eigenvalue weighted by atomic mass is 9.95.